The third kappa shape index (κ3) is 2.59. The topological polar surface area (TPSA) is 33.4 Å². The van der Waals surface area contributed by atoms with Gasteiger partial charge in [-0.25, -0.2) is 0 Å². The van der Waals surface area contributed by atoms with Gasteiger partial charge in [-0.1, -0.05) is 19.8 Å². The standard InChI is InChI=1S/C11H18O2/c1-3-4-5-10(8-12)11-9(2)6-7-13-11/h6-7,10,12H,3-5,8H2,1-2H3. The van der Waals surface area contributed by atoms with Crippen molar-refractivity contribution >= 4 is 0 Å². The molecular formula is C11H18O2. The molecule has 2 nitrogen and oxygen atoms in total. The van der Waals surface area contributed by atoms with E-state index in [0.29, 0.717) is 0 Å². The fourth-order valence-corrected chi connectivity index (χ4v) is 1.56. The zero-order valence-corrected chi connectivity index (χ0v) is 8.42. The first-order valence-electron chi connectivity index (χ1n) is 4.94. The Hall–Kier alpha value is -0.760. The zero-order chi connectivity index (χ0) is 9.68. The first-order valence-corrected chi connectivity index (χ1v) is 4.94. The van der Waals surface area contributed by atoms with Crippen molar-refractivity contribution in [2.75, 3.05) is 6.61 Å². The minimum atomic E-state index is 0.189. The van der Waals surface area contributed by atoms with Crippen LogP contribution in [-0.2, 0) is 0 Å². The van der Waals surface area contributed by atoms with Crippen LogP contribution in [0.1, 0.15) is 43.4 Å². The van der Waals surface area contributed by atoms with Crippen LogP contribution in [0.3, 0.4) is 0 Å². The fourth-order valence-electron chi connectivity index (χ4n) is 1.56. The number of unbranched alkanes of at least 4 members (excludes halogenated alkanes) is 1. The number of aryl methyl sites for hydroxylation is 1. The van der Waals surface area contributed by atoms with Crippen molar-refractivity contribution in [3.05, 3.63) is 23.7 Å². The van der Waals surface area contributed by atoms with E-state index in [1.165, 1.54) is 0 Å². The van der Waals surface area contributed by atoms with Gasteiger partial charge in [0, 0.05) is 5.92 Å². The quantitative estimate of drug-likeness (QED) is 0.759. The molecular weight excluding hydrogens is 164 g/mol. The summed E-state index contributed by atoms with van der Waals surface area (Å²) in [6.07, 6.45) is 5.02. The summed E-state index contributed by atoms with van der Waals surface area (Å²) in [5.41, 5.74) is 1.15. The van der Waals surface area contributed by atoms with Crippen LogP contribution in [0.5, 0.6) is 0 Å². The van der Waals surface area contributed by atoms with Crippen LogP contribution in [0, 0.1) is 6.92 Å². The zero-order valence-electron chi connectivity index (χ0n) is 8.42. The van der Waals surface area contributed by atoms with Gasteiger partial charge in [-0.15, -0.1) is 0 Å². The van der Waals surface area contributed by atoms with Crippen LogP contribution in [0.2, 0.25) is 0 Å². The van der Waals surface area contributed by atoms with E-state index < -0.39 is 0 Å². The summed E-state index contributed by atoms with van der Waals surface area (Å²) in [7, 11) is 0. The van der Waals surface area contributed by atoms with Crippen molar-refractivity contribution in [3.63, 3.8) is 0 Å². The highest BCUT2D eigenvalue weighted by molar-refractivity contribution is 5.18. The number of aliphatic hydroxyl groups excluding tert-OH is 1. The molecule has 0 saturated carbocycles. The molecule has 1 aromatic heterocycles. The Bertz CT molecular complexity index is 240. The summed E-state index contributed by atoms with van der Waals surface area (Å²) in [6.45, 7) is 4.37. The molecule has 2 heteroatoms. The van der Waals surface area contributed by atoms with Crippen LogP contribution < -0.4 is 0 Å². The lowest BCUT2D eigenvalue weighted by atomic mass is 9.98. The maximum atomic E-state index is 9.19. The van der Waals surface area contributed by atoms with Crippen LogP contribution in [-0.4, -0.2) is 11.7 Å². The van der Waals surface area contributed by atoms with Crippen molar-refractivity contribution in [2.24, 2.45) is 0 Å². The molecule has 1 atom stereocenters. The van der Waals surface area contributed by atoms with Gasteiger partial charge in [0.05, 0.1) is 12.9 Å². The molecule has 0 bridgehead atoms. The van der Waals surface area contributed by atoms with E-state index in [0.717, 1.165) is 30.6 Å². The third-order valence-electron chi connectivity index (χ3n) is 2.40. The molecule has 0 fully saturated rings. The predicted molar refractivity (Wildman–Crippen MR) is 52.8 cm³/mol. The molecule has 0 aliphatic carbocycles. The van der Waals surface area contributed by atoms with E-state index in [9.17, 15) is 5.11 Å². The lowest BCUT2D eigenvalue weighted by molar-refractivity contribution is 0.239. The molecule has 1 aromatic rings. The summed E-state index contributed by atoms with van der Waals surface area (Å²) < 4.78 is 5.35. The average molecular weight is 182 g/mol. The highest BCUT2D eigenvalue weighted by atomic mass is 16.3. The van der Waals surface area contributed by atoms with Crippen molar-refractivity contribution in [1.29, 1.82) is 0 Å². The molecule has 1 rings (SSSR count). The molecule has 0 aromatic carbocycles. The summed E-state index contributed by atoms with van der Waals surface area (Å²) >= 11 is 0. The molecule has 0 spiro atoms. The number of rotatable bonds is 5. The monoisotopic (exact) mass is 182 g/mol. The van der Waals surface area contributed by atoms with Crippen molar-refractivity contribution in [3.8, 4) is 0 Å². The molecule has 1 heterocycles. The van der Waals surface area contributed by atoms with Gasteiger partial charge in [-0.05, 0) is 25.0 Å². The Kier molecular flexibility index (Phi) is 4.03. The fraction of sp³-hybridized carbons (Fsp3) is 0.636. The molecule has 0 saturated heterocycles. The molecule has 0 radical (unpaired) electrons. The van der Waals surface area contributed by atoms with Gasteiger partial charge < -0.3 is 9.52 Å². The number of hydrogen-bond acceptors (Lipinski definition) is 2. The maximum Gasteiger partial charge on any atom is 0.112 e. The largest absolute Gasteiger partial charge is 0.469 e. The lowest BCUT2D eigenvalue weighted by Crippen LogP contribution is -2.04. The summed E-state index contributed by atoms with van der Waals surface area (Å²) in [4.78, 5) is 0. The van der Waals surface area contributed by atoms with E-state index in [2.05, 4.69) is 6.92 Å². The van der Waals surface area contributed by atoms with Crippen molar-refractivity contribution in [1.82, 2.24) is 0 Å². The van der Waals surface area contributed by atoms with Gasteiger partial charge in [-0.3, -0.25) is 0 Å². The highest BCUT2D eigenvalue weighted by Crippen LogP contribution is 2.25. The highest BCUT2D eigenvalue weighted by Gasteiger charge is 2.15. The molecule has 1 N–H and O–H groups in total. The minimum Gasteiger partial charge on any atom is -0.469 e. The molecule has 13 heavy (non-hydrogen) atoms. The molecule has 0 amide bonds. The second-order valence-electron chi connectivity index (χ2n) is 3.49. The first-order chi connectivity index (χ1) is 6.29. The Morgan fingerprint density at radius 1 is 1.54 bits per heavy atom. The van der Waals surface area contributed by atoms with E-state index in [4.69, 9.17) is 4.42 Å². The van der Waals surface area contributed by atoms with Gasteiger partial charge in [0.1, 0.15) is 5.76 Å². The number of hydrogen-bond donors (Lipinski definition) is 1. The van der Waals surface area contributed by atoms with Crippen LogP contribution in [0.25, 0.3) is 0 Å². The lowest BCUT2D eigenvalue weighted by Gasteiger charge is -2.11. The van der Waals surface area contributed by atoms with Gasteiger partial charge in [0.15, 0.2) is 0 Å². The normalized spacial score (nSPS) is 13.2. The Labute approximate surface area is 79.6 Å². The van der Waals surface area contributed by atoms with E-state index in [-0.39, 0.29) is 12.5 Å². The molecule has 74 valence electrons. The Morgan fingerprint density at radius 3 is 2.77 bits per heavy atom. The minimum absolute atomic E-state index is 0.189. The second kappa shape index (κ2) is 5.07. The maximum absolute atomic E-state index is 9.19. The number of aliphatic hydroxyl groups is 1. The van der Waals surface area contributed by atoms with E-state index >= 15 is 0 Å². The van der Waals surface area contributed by atoms with Gasteiger partial charge >= 0.3 is 0 Å². The smallest absolute Gasteiger partial charge is 0.112 e. The Balaban J connectivity index is 2.61. The molecule has 0 aliphatic rings. The third-order valence-corrected chi connectivity index (χ3v) is 2.40. The summed E-state index contributed by atoms with van der Waals surface area (Å²) in [6, 6.07) is 1.95. The van der Waals surface area contributed by atoms with Crippen molar-refractivity contribution in [2.45, 2.75) is 39.0 Å². The predicted octanol–water partition coefficient (Wildman–Crippen LogP) is 2.85. The SMILES string of the molecule is CCCCC(CO)c1occc1C. The van der Waals surface area contributed by atoms with Crippen molar-refractivity contribution < 1.29 is 9.52 Å². The first kappa shape index (κ1) is 10.3. The molecule has 1 unspecified atom stereocenters. The van der Waals surface area contributed by atoms with Crippen LogP contribution >= 0.6 is 0 Å². The van der Waals surface area contributed by atoms with Gasteiger partial charge in [-0.2, -0.15) is 0 Å². The van der Waals surface area contributed by atoms with Gasteiger partial charge in [0.2, 0.25) is 0 Å². The Morgan fingerprint density at radius 2 is 2.31 bits per heavy atom. The molecule has 0 aliphatic heterocycles. The summed E-state index contributed by atoms with van der Waals surface area (Å²) in [5, 5.41) is 9.19. The average Bonchev–Trinajstić information content (AvgIpc) is 2.54. The van der Waals surface area contributed by atoms with Crippen LogP contribution in [0.4, 0.5) is 0 Å². The number of furan rings is 1. The van der Waals surface area contributed by atoms with Gasteiger partial charge in [0.25, 0.3) is 0 Å². The summed E-state index contributed by atoms with van der Waals surface area (Å²) in [5.74, 6) is 1.14. The van der Waals surface area contributed by atoms with E-state index in [1.54, 1.807) is 6.26 Å². The van der Waals surface area contributed by atoms with Crippen LogP contribution in [0.15, 0.2) is 16.7 Å². The second-order valence-corrected chi connectivity index (χ2v) is 3.49. The van der Waals surface area contributed by atoms with E-state index in [1.807, 2.05) is 13.0 Å².